The Hall–Kier alpha value is -1.80. The highest BCUT2D eigenvalue weighted by molar-refractivity contribution is 9.10. The van der Waals surface area contributed by atoms with Gasteiger partial charge < -0.3 is 5.32 Å². The van der Waals surface area contributed by atoms with E-state index in [1.807, 2.05) is 25.1 Å². The Morgan fingerprint density at radius 2 is 2.32 bits per heavy atom. The number of nitrogens with zero attached hydrogens (tertiary/aromatic N) is 4. The fourth-order valence-corrected chi connectivity index (χ4v) is 2.86. The van der Waals surface area contributed by atoms with Crippen molar-refractivity contribution in [3.8, 4) is 0 Å². The normalized spacial score (nSPS) is 10.8. The number of amides is 1. The SMILES string of the molecule is Cc1ccc(NC(=O)c2nn3cnnc3s2)c(Br)c1. The first-order valence-corrected chi connectivity index (χ1v) is 6.99. The lowest BCUT2D eigenvalue weighted by atomic mass is 10.2. The van der Waals surface area contributed by atoms with Crippen molar-refractivity contribution < 1.29 is 4.79 Å². The van der Waals surface area contributed by atoms with E-state index in [0.717, 1.165) is 10.0 Å². The molecule has 0 aliphatic rings. The summed E-state index contributed by atoms with van der Waals surface area (Å²) >= 11 is 4.61. The predicted octanol–water partition coefficient (Wildman–Crippen LogP) is 2.51. The number of hydrogen-bond donors (Lipinski definition) is 1. The lowest BCUT2D eigenvalue weighted by Gasteiger charge is -2.06. The van der Waals surface area contributed by atoms with E-state index in [-0.39, 0.29) is 5.91 Å². The van der Waals surface area contributed by atoms with Crippen LogP contribution in [0, 0.1) is 6.92 Å². The van der Waals surface area contributed by atoms with Gasteiger partial charge in [-0.15, -0.1) is 15.3 Å². The number of fused-ring (bicyclic) bond motifs is 1. The van der Waals surface area contributed by atoms with E-state index in [2.05, 4.69) is 36.5 Å². The van der Waals surface area contributed by atoms with Crippen molar-refractivity contribution in [2.24, 2.45) is 0 Å². The van der Waals surface area contributed by atoms with E-state index in [4.69, 9.17) is 0 Å². The van der Waals surface area contributed by atoms with Gasteiger partial charge >= 0.3 is 0 Å². The molecule has 0 fully saturated rings. The Balaban J connectivity index is 1.86. The highest BCUT2D eigenvalue weighted by atomic mass is 79.9. The van der Waals surface area contributed by atoms with Gasteiger partial charge in [0.2, 0.25) is 9.97 Å². The molecular weight excluding hydrogens is 330 g/mol. The van der Waals surface area contributed by atoms with Crippen molar-refractivity contribution in [2.45, 2.75) is 6.92 Å². The van der Waals surface area contributed by atoms with Crippen LogP contribution < -0.4 is 5.32 Å². The molecule has 0 aliphatic heterocycles. The number of aryl methyl sites for hydroxylation is 1. The van der Waals surface area contributed by atoms with Crippen LogP contribution in [0.25, 0.3) is 4.96 Å². The number of carbonyl (C=O) groups is 1. The van der Waals surface area contributed by atoms with Crippen molar-refractivity contribution in [3.05, 3.63) is 39.6 Å². The molecular formula is C11H8BrN5OS. The molecule has 1 N–H and O–H groups in total. The van der Waals surface area contributed by atoms with Gasteiger partial charge in [0.05, 0.1) is 5.69 Å². The molecule has 0 radical (unpaired) electrons. The van der Waals surface area contributed by atoms with Gasteiger partial charge in [-0.25, -0.2) is 0 Å². The van der Waals surface area contributed by atoms with E-state index in [1.165, 1.54) is 22.2 Å². The zero-order chi connectivity index (χ0) is 13.4. The van der Waals surface area contributed by atoms with Crippen molar-refractivity contribution >= 4 is 43.8 Å². The lowest BCUT2D eigenvalue weighted by Crippen LogP contribution is -2.12. The van der Waals surface area contributed by atoms with Crippen molar-refractivity contribution in [3.63, 3.8) is 0 Å². The van der Waals surface area contributed by atoms with Gasteiger partial charge in [0.15, 0.2) is 0 Å². The first kappa shape index (κ1) is 12.2. The molecule has 1 amide bonds. The molecule has 2 heterocycles. The molecule has 3 aromatic rings. The third-order valence-electron chi connectivity index (χ3n) is 2.45. The minimum absolute atomic E-state index is 0.264. The predicted molar refractivity (Wildman–Crippen MR) is 75.5 cm³/mol. The van der Waals surface area contributed by atoms with Crippen LogP contribution in [0.15, 0.2) is 29.0 Å². The summed E-state index contributed by atoms with van der Waals surface area (Å²) in [5.74, 6) is -0.264. The van der Waals surface area contributed by atoms with Gasteiger partial charge in [0.1, 0.15) is 6.33 Å². The zero-order valence-corrected chi connectivity index (χ0v) is 12.2. The standard InChI is InChI=1S/C11H8BrN5OS/c1-6-2-3-8(7(12)4-6)14-9(18)10-16-17-5-13-15-11(17)19-10/h2-5H,1H3,(H,14,18). The number of aromatic nitrogens is 4. The Kier molecular flexibility index (Phi) is 3.03. The molecule has 96 valence electrons. The molecule has 1 aromatic carbocycles. The number of hydrogen-bond acceptors (Lipinski definition) is 5. The highest BCUT2D eigenvalue weighted by Gasteiger charge is 2.14. The molecule has 0 unspecified atom stereocenters. The summed E-state index contributed by atoms with van der Waals surface area (Å²) < 4.78 is 2.31. The number of carbonyl (C=O) groups excluding carboxylic acids is 1. The monoisotopic (exact) mass is 337 g/mol. The summed E-state index contributed by atoms with van der Waals surface area (Å²) in [6.07, 6.45) is 1.46. The maximum Gasteiger partial charge on any atom is 0.286 e. The van der Waals surface area contributed by atoms with Crippen molar-refractivity contribution in [1.82, 2.24) is 19.8 Å². The second-order valence-electron chi connectivity index (χ2n) is 3.90. The number of halogens is 1. The van der Waals surface area contributed by atoms with Crippen LogP contribution in [-0.2, 0) is 0 Å². The van der Waals surface area contributed by atoms with Gasteiger partial charge in [0.25, 0.3) is 5.91 Å². The van der Waals surface area contributed by atoms with Gasteiger partial charge in [0, 0.05) is 4.47 Å². The minimum atomic E-state index is -0.264. The topological polar surface area (TPSA) is 72.2 Å². The molecule has 6 nitrogen and oxygen atoms in total. The summed E-state index contributed by atoms with van der Waals surface area (Å²) in [6.45, 7) is 1.99. The van der Waals surface area contributed by atoms with E-state index in [9.17, 15) is 4.79 Å². The fraction of sp³-hybridized carbons (Fsp3) is 0.0909. The van der Waals surface area contributed by atoms with Gasteiger partial charge in [-0.05, 0) is 40.5 Å². The molecule has 0 bridgehead atoms. The van der Waals surface area contributed by atoms with Crippen LogP contribution in [0.1, 0.15) is 15.4 Å². The fourth-order valence-electron chi connectivity index (χ4n) is 1.55. The zero-order valence-electron chi connectivity index (χ0n) is 9.79. The maximum atomic E-state index is 12.1. The van der Waals surface area contributed by atoms with Crippen LogP contribution in [0.4, 0.5) is 5.69 Å². The summed E-state index contributed by atoms with van der Waals surface area (Å²) in [6, 6.07) is 5.71. The Bertz CT molecular complexity index is 737. The molecule has 0 saturated carbocycles. The Morgan fingerprint density at radius 1 is 1.47 bits per heavy atom. The third kappa shape index (κ3) is 2.36. The number of benzene rings is 1. The summed E-state index contributed by atoms with van der Waals surface area (Å²) in [7, 11) is 0. The van der Waals surface area contributed by atoms with Gasteiger partial charge in [-0.3, -0.25) is 4.79 Å². The second-order valence-corrected chi connectivity index (χ2v) is 5.71. The lowest BCUT2D eigenvalue weighted by molar-refractivity contribution is 0.102. The molecule has 0 saturated heterocycles. The average molecular weight is 338 g/mol. The molecule has 0 aliphatic carbocycles. The molecule has 3 rings (SSSR count). The molecule has 8 heteroatoms. The van der Waals surface area contributed by atoms with Crippen molar-refractivity contribution in [2.75, 3.05) is 5.32 Å². The molecule has 19 heavy (non-hydrogen) atoms. The van der Waals surface area contributed by atoms with Crippen LogP contribution >= 0.6 is 27.3 Å². The Morgan fingerprint density at radius 3 is 3.05 bits per heavy atom. The largest absolute Gasteiger partial charge is 0.319 e. The van der Waals surface area contributed by atoms with Gasteiger partial charge in [-0.2, -0.15) is 4.52 Å². The highest BCUT2D eigenvalue weighted by Crippen LogP contribution is 2.24. The van der Waals surface area contributed by atoms with E-state index in [0.29, 0.717) is 15.7 Å². The van der Waals surface area contributed by atoms with Crippen LogP contribution in [-0.4, -0.2) is 25.7 Å². The maximum absolute atomic E-state index is 12.1. The van der Waals surface area contributed by atoms with E-state index in [1.54, 1.807) is 0 Å². The number of nitrogens with one attached hydrogen (secondary N) is 1. The summed E-state index contributed by atoms with van der Waals surface area (Å²) in [5, 5.41) is 14.8. The quantitative estimate of drug-likeness (QED) is 0.779. The summed E-state index contributed by atoms with van der Waals surface area (Å²) in [4.78, 5) is 12.7. The molecule has 2 aromatic heterocycles. The third-order valence-corrected chi connectivity index (χ3v) is 4.02. The average Bonchev–Trinajstić information content (AvgIpc) is 2.93. The van der Waals surface area contributed by atoms with Crippen LogP contribution in [0.2, 0.25) is 0 Å². The number of anilines is 1. The number of rotatable bonds is 2. The first-order chi connectivity index (χ1) is 9.13. The Labute approximate surface area is 120 Å². The van der Waals surface area contributed by atoms with Crippen molar-refractivity contribution in [1.29, 1.82) is 0 Å². The van der Waals surface area contributed by atoms with Crippen LogP contribution in [0.5, 0.6) is 0 Å². The first-order valence-electron chi connectivity index (χ1n) is 5.38. The summed E-state index contributed by atoms with van der Waals surface area (Å²) in [5.41, 5.74) is 1.82. The molecule has 0 spiro atoms. The minimum Gasteiger partial charge on any atom is -0.319 e. The molecule has 0 atom stereocenters. The van der Waals surface area contributed by atoms with Crippen LogP contribution in [0.3, 0.4) is 0 Å². The van der Waals surface area contributed by atoms with E-state index >= 15 is 0 Å². The second kappa shape index (κ2) is 4.71. The van der Waals surface area contributed by atoms with E-state index < -0.39 is 0 Å². The van der Waals surface area contributed by atoms with Gasteiger partial charge in [-0.1, -0.05) is 17.4 Å². The smallest absolute Gasteiger partial charge is 0.286 e.